The van der Waals surface area contributed by atoms with Crippen LogP contribution >= 0.6 is 23.2 Å². The van der Waals surface area contributed by atoms with E-state index >= 15 is 4.39 Å². The van der Waals surface area contributed by atoms with Gasteiger partial charge in [0.2, 0.25) is 0 Å². The Balaban J connectivity index is 1.85. The number of likely N-dealkylation sites (tertiary alicyclic amines) is 1. The predicted molar refractivity (Wildman–Crippen MR) is 116 cm³/mol. The highest BCUT2D eigenvalue weighted by molar-refractivity contribution is 6.42. The van der Waals surface area contributed by atoms with Gasteiger partial charge in [-0.1, -0.05) is 23.2 Å². The van der Waals surface area contributed by atoms with Crippen LogP contribution in [0.1, 0.15) is 16.1 Å². The largest absolute Gasteiger partial charge is 0.374 e. The molecule has 0 radical (unpaired) electrons. The van der Waals surface area contributed by atoms with Crippen molar-refractivity contribution in [2.75, 3.05) is 25.1 Å². The Labute approximate surface area is 190 Å². The molecular formula is C21H18Cl2F2N4O2. The van der Waals surface area contributed by atoms with Crippen LogP contribution in [0, 0.1) is 5.82 Å². The number of amides is 1. The molecule has 162 valence electrons. The Bertz CT molecular complexity index is 1350. The molecule has 10 heteroatoms. The fraction of sp³-hybridized carbons (Fsp3) is 0.286. The lowest BCUT2D eigenvalue weighted by Crippen LogP contribution is -2.41. The quantitative estimate of drug-likeness (QED) is 0.588. The molecule has 3 aromatic rings. The molecule has 4 rings (SSSR count). The third kappa shape index (κ3) is 3.74. The van der Waals surface area contributed by atoms with Gasteiger partial charge in [0.15, 0.2) is 6.67 Å². The van der Waals surface area contributed by atoms with Gasteiger partial charge < -0.3 is 14.8 Å². The molecule has 0 unspecified atom stereocenters. The van der Waals surface area contributed by atoms with E-state index in [1.54, 1.807) is 6.07 Å². The van der Waals surface area contributed by atoms with Crippen LogP contribution in [0.15, 0.2) is 41.5 Å². The summed E-state index contributed by atoms with van der Waals surface area (Å²) < 4.78 is 51.2. The number of nitrogens with one attached hydrogen (secondary N) is 1. The zero-order chi connectivity index (χ0) is 24.8. The van der Waals surface area contributed by atoms with Crippen molar-refractivity contribution in [2.45, 2.75) is 12.0 Å². The first-order valence-corrected chi connectivity index (χ1v) is 10.0. The number of fused-ring (bicyclic) bond motifs is 1. The zero-order valence-corrected chi connectivity index (χ0v) is 17.5. The molecule has 1 fully saturated rings. The Morgan fingerprint density at radius 1 is 1.35 bits per heavy atom. The van der Waals surface area contributed by atoms with Crippen molar-refractivity contribution in [1.29, 1.82) is 0 Å². The molecule has 31 heavy (non-hydrogen) atoms. The zero-order valence-electron chi connectivity index (χ0n) is 19.0. The Hall–Kier alpha value is -2.71. The number of aromatic nitrogens is 2. The fourth-order valence-electron chi connectivity index (χ4n) is 3.92. The molecule has 0 spiro atoms. The molecule has 1 aliphatic rings. The Kier molecular flexibility index (Phi) is 4.68. The highest BCUT2D eigenvalue weighted by Gasteiger charge is 2.44. The monoisotopic (exact) mass is 469 g/mol. The molecule has 0 bridgehead atoms. The van der Waals surface area contributed by atoms with Crippen LogP contribution in [0.3, 0.4) is 0 Å². The molecular weight excluding hydrogens is 449 g/mol. The van der Waals surface area contributed by atoms with Crippen molar-refractivity contribution < 1.29 is 17.7 Å². The van der Waals surface area contributed by atoms with Gasteiger partial charge in [0.05, 0.1) is 32.8 Å². The molecule has 1 amide bonds. The number of nitrogens with zero attached hydrogens (tertiary/aromatic N) is 3. The number of anilines is 1. The Morgan fingerprint density at radius 3 is 2.90 bits per heavy atom. The molecule has 1 saturated heterocycles. The van der Waals surface area contributed by atoms with Gasteiger partial charge in [-0.3, -0.25) is 9.59 Å². The minimum atomic E-state index is -2.72. The molecule has 2 aromatic carbocycles. The molecule has 1 atom stereocenters. The van der Waals surface area contributed by atoms with Crippen molar-refractivity contribution in [3.05, 3.63) is 68.4 Å². The number of hydrogen-bond acceptors (Lipinski definition) is 4. The standard InChI is InChI=1S/C21H18Cl2F2N4O2/c1-28-11-26-16-5-2-12(8-13(16)20(28)31)27-21(6-7-29(10-21)17(30)9-24)18-15(25)4-3-14(22)19(18)23/h2-5,8,11,27H,6-7,9-10H2,1H3/t21-/m0/s1/i1D3. The normalized spacial score (nSPS) is 20.4. The van der Waals surface area contributed by atoms with Gasteiger partial charge in [-0.05, 0) is 36.8 Å². The maximum Gasteiger partial charge on any atom is 0.260 e. The van der Waals surface area contributed by atoms with Gasteiger partial charge in [0, 0.05) is 35.4 Å². The Morgan fingerprint density at radius 2 is 2.16 bits per heavy atom. The topological polar surface area (TPSA) is 67.2 Å². The van der Waals surface area contributed by atoms with Crippen LogP contribution in [0.5, 0.6) is 0 Å². The first kappa shape index (κ1) is 17.9. The lowest BCUT2D eigenvalue weighted by molar-refractivity contribution is -0.131. The van der Waals surface area contributed by atoms with E-state index in [-0.39, 0.29) is 46.0 Å². The summed E-state index contributed by atoms with van der Waals surface area (Å²) in [7, 11) is 0. The van der Waals surface area contributed by atoms with E-state index in [1.165, 1.54) is 23.1 Å². The van der Waals surface area contributed by atoms with Crippen molar-refractivity contribution in [2.24, 2.45) is 6.98 Å². The van der Waals surface area contributed by atoms with E-state index in [1.807, 2.05) is 0 Å². The number of rotatable bonds is 4. The minimum Gasteiger partial charge on any atom is -0.374 e. The van der Waals surface area contributed by atoms with Gasteiger partial charge in [0.1, 0.15) is 5.82 Å². The van der Waals surface area contributed by atoms with Crippen LogP contribution in [0.2, 0.25) is 10.0 Å². The van der Waals surface area contributed by atoms with E-state index in [0.29, 0.717) is 10.3 Å². The third-order valence-corrected chi connectivity index (χ3v) is 6.20. The van der Waals surface area contributed by atoms with Gasteiger partial charge in [-0.25, -0.2) is 13.8 Å². The van der Waals surface area contributed by atoms with E-state index in [0.717, 1.165) is 12.4 Å². The summed E-state index contributed by atoms with van der Waals surface area (Å²) >= 11 is 12.5. The molecule has 1 N–H and O–H groups in total. The summed E-state index contributed by atoms with van der Waals surface area (Å²) in [6, 6.07) is 6.92. The van der Waals surface area contributed by atoms with E-state index in [4.69, 9.17) is 27.3 Å². The summed E-state index contributed by atoms with van der Waals surface area (Å²) in [6.45, 7) is -3.92. The average Bonchev–Trinajstić information content (AvgIpc) is 3.20. The molecule has 6 nitrogen and oxygen atoms in total. The van der Waals surface area contributed by atoms with Gasteiger partial charge in [-0.15, -0.1) is 0 Å². The molecule has 0 saturated carbocycles. The van der Waals surface area contributed by atoms with Crippen LogP contribution < -0.4 is 10.9 Å². The SMILES string of the molecule is [2H]C([2H])([2H])n1cnc2ccc(N[C@@]3(c4c(F)ccc(Cl)c4Cl)CCN(C(=O)CF)C3)cc2c1=O. The summed E-state index contributed by atoms with van der Waals surface area (Å²) in [5.74, 6) is -1.44. The summed E-state index contributed by atoms with van der Waals surface area (Å²) in [6.07, 6.45) is 1.12. The highest BCUT2D eigenvalue weighted by Crippen LogP contribution is 2.43. The van der Waals surface area contributed by atoms with E-state index in [9.17, 15) is 14.0 Å². The number of carbonyl (C=O) groups excluding carboxylic acids is 1. The maximum absolute atomic E-state index is 15.1. The van der Waals surface area contributed by atoms with Crippen molar-refractivity contribution in [3.63, 3.8) is 0 Å². The summed E-state index contributed by atoms with van der Waals surface area (Å²) in [5.41, 5.74) is -1.50. The first-order chi connectivity index (χ1) is 16.0. The molecule has 0 aliphatic carbocycles. The summed E-state index contributed by atoms with van der Waals surface area (Å²) in [5, 5.41) is 3.21. The van der Waals surface area contributed by atoms with Crippen molar-refractivity contribution in [3.8, 4) is 0 Å². The number of alkyl halides is 1. The second-order valence-corrected chi connectivity index (χ2v) is 8.06. The van der Waals surface area contributed by atoms with Crippen molar-refractivity contribution >= 4 is 45.7 Å². The minimum absolute atomic E-state index is 0.00186. The van der Waals surface area contributed by atoms with E-state index < -0.39 is 36.5 Å². The van der Waals surface area contributed by atoms with Gasteiger partial charge >= 0.3 is 0 Å². The number of hydrogen-bond donors (Lipinski definition) is 1. The number of benzene rings is 2. The summed E-state index contributed by atoms with van der Waals surface area (Å²) in [4.78, 5) is 30.1. The van der Waals surface area contributed by atoms with Crippen LogP contribution in [-0.4, -0.2) is 40.1 Å². The molecule has 1 aliphatic heterocycles. The lowest BCUT2D eigenvalue weighted by atomic mass is 9.87. The third-order valence-electron chi connectivity index (χ3n) is 5.40. The number of halogens is 4. The van der Waals surface area contributed by atoms with Crippen LogP contribution in [0.25, 0.3) is 10.9 Å². The second-order valence-electron chi connectivity index (χ2n) is 7.28. The number of carbonyl (C=O) groups is 1. The average molecular weight is 470 g/mol. The van der Waals surface area contributed by atoms with Gasteiger partial charge in [-0.2, -0.15) is 0 Å². The highest BCUT2D eigenvalue weighted by atomic mass is 35.5. The number of aryl methyl sites for hydroxylation is 1. The molecule has 2 heterocycles. The lowest BCUT2D eigenvalue weighted by Gasteiger charge is -2.33. The van der Waals surface area contributed by atoms with Crippen LogP contribution in [-0.2, 0) is 17.3 Å². The predicted octanol–water partition coefficient (Wildman–Crippen LogP) is 3.89. The first-order valence-electron chi connectivity index (χ1n) is 10.7. The fourth-order valence-corrected chi connectivity index (χ4v) is 4.41. The maximum atomic E-state index is 15.1. The van der Waals surface area contributed by atoms with Gasteiger partial charge in [0.25, 0.3) is 11.5 Å². The second kappa shape index (κ2) is 8.09. The molecule has 1 aromatic heterocycles. The van der Waals surface area contributed by atoms with Crippen molar-refractivity contribution in [1.82, 2.24) is 14.5 Å². The van der Waals surface area contributed by atoms with Crippen LogP contribution in [0.4, 0.5) is 14.5 Å². The van der Waals surface area contributed by atoms with E-state index in [2.05, 4.69) is 10.3 Å². The smallest absolute Gasteiger partial charge is 0.260 e.